The van der Waals surface area contributed by atoms with Crippen molar-refractivity contribution in [3.63, 3.8) is 0 Å². The van der Waals surface area contributed by atoms with Gasteiger partial charge in [0.05, 0.1) is 6.61 Å². The normalized spacial score (nSPS) is 12.6. The summed E-state index contributed by atoms with van der Waals surface area (Å²) in [4.78, 5) is 0. The summed E-state index contributed by atoms with van der Waals surface area (Å²) in [7, 11) is 0. The molecule has 2 rings (SSSR count). The lowest BCUT2D eigenvalue weighted by Gasteiger charge is -2.25. The molecule has 0 aliphatic carbocycles. The maximum atomic E-state index is 5.62. The van der Waals surface area contributed by atoms with E-state index in [9.17, 15) is 0 Å². The van der Waals surface area contributed by atoms with Crippen molar-refractivity contribution in [2.45, 2.75) is 19.8 Å². The topological polar surface area (TPSA) is 9.23 Å². The molecule has 0 aromatic heterocycles. The van der Waals surface area contributed by atoms with Crippen LogP contribution in [0.4, 0.5) is 0 Å². The van der Waals surface area contributed by atoms with Crippen molar-refractivity contribution in [3.05, 3.63) is 71.8 Å². The minimum Gasteiger partial charge on any atom is -0.381 e. The van der Waals surface area contributed by atoms with Crippen molar-refractivity contribution in [1.29, 1.82) is 0 Å². The first-order valence-electron chi connectivity index (χ1n) is 7.00. The van der Waals surface area contributed by atoms with Crippen molar-refractivity contribution in [3.8, 4) is 0 Å². The predicted octanol–water partition coefficient (Wildman–Crippen LogP) is 4.49. The van der Waals surface area contributed by atoms with E-state index in [2.05, 4.69) is 67.6 Å². The smallest absolute Gasteiger partial charge is 0.0500 e. The minimum absolute atomic E-state index is 0.397. The van der Waals surface area contributed by atoms with Gasteiger partial charge in [-0.25, -0.2) is 0 Å². The Hall–Kier alpha value is -1.60. The van der Waals surface area contributed by atoms with Gasteiger partial charge < -0.3 is 4.74 Å². The molecule has 0 spiro atoms. The van der Waals surface area contributed by atoms with Crippen LogP contribution in [0, 0.1) is 5.92 Å². The van der Waals surface area contributed by atoms with Crippen molar-refractivity contribution in [2.24, 2.45) is 5.92 Å². The summed E-state index contributed by atoms with van der Waals surface area (Å²) in [6.07, 6.45) is 0. The van der Waals surface area contributed by atoms with Crippen LogP contribution in [0.2, 0.25) is 0 Å². The third-order valence-corrected chi connectivity index (χ3v) is 3.47. The highest BCUT2D eigenvalue weighted by Gasteiger charge is 2.21. The zero-order valence-electron chi connectivity index (χ0n) is 11.8. The molecule has 0 amide bonds. The first-order chi connectivity index (χ1) is 9.33. The Labute approximate surface area is 116 Å². The third-order valence-electron chi connectivity index (χ3n) is 3.47. The van der Waals surface area contributed by atoms with E-state index in [1.807, 2.05) is 6.92 Å². The summed E-state index contributed by atoms with van der Waals surface area (Å²) in [5.74, 6) is 0.860. The first kappa shape index (κ1) is 13.8. The minimum atomic E-state index is 0.397. The van der Waals surface area contributed by atoms with Crippen LogP contribution in [-0.4, -0.2) is 13.2 Å². The number of hydrogen-bond donors (Lipinski definition) is 0. The lowest BCUT2D eigenvalue weighted by atomic mass is 9.82. The van der Waals surface area contributed by atoms with Crippen LogP contribution in [0.3, 0.4) is 0 Å². The Kier molecular flexibility index (Phi) is 5.17. The van der Waals surface area contributed by atoms with Crippen LogP contribution < -0.4 is 0 Å². The molecule has 0 bridgehead atoms. The van der Waals surface area contributed by atoms with E-state index in [1.54, 1.807) is 0 Å². The van der Waals surface area contributed by atoms with Crippen LogP contribution >= 0.6 is 0 Å². The molecule has 0 saturated carbocycles. The van der Waals surface area contributed by atoms with Crippen LogP contribution in [0.15, 0.2) is 60.7 Å². The van der Waals surface area contributed by atoms with Crippen molar-refractivity contribution in [1.82, 2.24) is 0 Å². The van der Waals surface area contributed by atoms with Crippen LogP contribution in [0.5, 0.6) is 0 Å². The van der Waals surface area contributed by atoms with Gasteiger partial charge in [-0.05, 0) is 24.0 Å². The van der Waals surface area contributed by atoms with Gasteiger partial charge in [-0.15, -0.1) is 0 Å². The maximum absolute atomic E-state index is 5.62. The lowest BCUT2D eigenvalue weighted by Crippen LogP contribution is -2.17. The van der Waals surface area contributed by atoms with E-state index < -0.39 is 0 Å². The molecular formula is C18H22O. The molecule has 1 atom stereocenters. The highest BCUT2D eigenvalue weighted by Crippen LogP contribution is 2.31. The van der Waals surface area contributed by atoms with E-state index in [0.29, 0.717) is 11.8 Å². The molecule has 0 saturated heterocycles. The molecule has 0 N–H and O–H groups in total. The van der Waals surface area contributed by atoms with Gasteiger partial charge in [-0.3, -0.25) is 0 Å². The average Bonchev–Trinajstić information content (AvgIpc) is 2.47. The molecule has 2 aromatic rings. The van der Waals surface area contributed by atoms with Gasteiger partial charge in [0.15, 0.2) is 0 Å². The Morgan fingerprint density at radius 2 is 1.32 bits per heavy atom. The fourth-order valence-corrected chi connectivity index (χ4v) is 2.57. The molecular weight excluding hydrogens is 232 g/mol. The van der Waals surface area contributed by atoms with Gasteiger partial charge in [0.25, 0.3) is 0 Å². The summed E-state index contributed by atoms with van der Waals surface area (Å²) >= 11 is 0. The van der Waals surface area contributed by atoms with Crippen molar-refractivity contribution < 1.29 is 4.74 Å². The molecule has 0 aliphatic heterocycles. The highest BCUT2D eigenvalue weighted by atomic mass is 16.5. The Morgan fingerprint density at radius 1 is 0.842 bits per heavy atom. The predicted molar refractivity (Wildman–Crippen MR) is 80.4 cm³/mol. The Balaban J connectivity index is 2.29. The molecule has 0 fully saturated rings. The lowest BCUT2D eigenvalue weighted by molar-refractivity contribution is 0.110. The third kappa shape index (κ3) is 3.68. The largest absolute Gasteiger partial charge is 0.381 e. The fourth-order valence-electron chi connectivity index (χ4n) is 2.57. The van der Waals surface area contributed by atoms with Gasteiger partial charge in [-0.1, -0.05) is 67.6 Å². The number of ether oxygens (including phenoxy) is 1. The van der Waals surface area contributed by atoms with E-state index in [-0.39, 0.29) is 0 Å². The molecule has 1 heteroatoms. The van der Waals surface area contributed by atoms with Crippen LogP contribution in [-0.2, 0) is 4.74 Å². The molecule has 2 aromatic carbocycles. The number of hydrogen-bond acceptors (Lipinski definition) is 1. The Bertz CT molecular complexity index is 424. The molecule has 0 unspecified atom stereocenters. The quantitative estimate of drug-likeness (QED) is 0.738. The zero-order valence-corrected chi connectivity index (χ0v) is 11.8. The average molecular weight is 254 g/mol. The number of rotatable bonds is 6. The molecule has 1 nitrogen and oxygen atoms in total. The van der Waals surface area contributed by atoms with E-state index >= 15 is 0 Å². The molecule has 100 valence electrons. The Morgan fingerprint density at radius 3 is 1.74 bits per heavy atom. The fraction of sp³-hybridized carbons (Fsp3) is 0.333. The summed E-state index contributed by atoms with van der Waals surface area (Å²) in [5, 5.41) is 0. The standard InChI is InChI=1S/C18H22O/c1-3-19-14-15(2)18(16-10-6-4-7-11-16)17-12-8-5-9-13-17/h4-13,15,18H,3,14H2,1-2H3/t15-/m1/s1. The van der Waals surface area contributed by atoms with Crippen LogP contribution in [0.25, 0.3) is 0 Å². The second-order valence-electron chi connectivity index (χ2n) is 4.94. The molecule has 0 radical (unpaired) electrons. The van der Waals surface area contributed by atoms with Gasteiger partial charge in [-0.2, -0.15) is 0 Å². The maximum Gasteiger partial charge on any atom is 0.0500 e. The van der Waals surface area contributed by atoms with E-state index in [1.165, 1.54) is 11.1 Å². The highest BCUT2D eigenvalue weighted by molar-refractivity contribution is 5.33. The summed E-state index contributed by atoms with van der Waals surface area (Å²) in [6.45, 7) is 5.89. The molecule has 0 aliphatic rings. The van der Waals surface area contributed by atoms with Gasteiger partial charge in [0, 0.05) is 12.5 Å². The zero-order chi connectivity index (χ0) is 13.5. The second-order valence-corrected chi connectivity index (χ2v) is 4.94. The summed E-state index contributed by atoms with van der Waals surface area (Å²) < 4.78 is 5.62. The molecule has 0 heterocycles. The number of benzene rings is 2. The van der Waals surface area contributed by atoms with E-state index in [0.717, 1.165) is 13.2 Å². The van der Waals surface area contributed by atoms with E-state index in [4.69, 9.17) is 4.74 Å². The van der Waals surface area contributed by atoms with Gasteiger partial charge in [0.2, 0.25) is 0 Å². The summed E-state index contributed by atoms with van der Waals surface area (Å²) in [6, 6.07) is 21.4. The van der Waals surface area contributed by atoms with Gasteiger partial charge >= 0.3 is 0 Å². The SMILES string of the molecule is CCOC[C@@H](C)C(c1ccccc1)c1ccccc1. The van der Waals surface area contributed by atoms with Gasteiger partial charge in [0.1, 0.15) is 0 Å². The van der Waals surface area contributed by atoms with Crippen molar-refractivity contribution in [2.75, 3.05) is 13.2 Å². The second kappa shape index (κ2) is 7.10. The monoisotopic (exact) mass is 254 g/mol. The van der Waals surface area contributed by atoms with Crippen molar-refractivity contribution >= 4 is 0 Å². The first-order valence-corrected chi connectivity index (χ1v) is 7.00. The molecule has 19 heavy (non-hydrogen) atoms. The summed E-state index contributed by atoms with van der Waals surface area (Å²) in [5.41, 5.74) is 2.72. The van der Waals surface area contributed by atoms with Crippen LogP contribution in [0.1, 0.15) is 30.9 Å².